The van der Waals surface area contributed by atoms with Gasteiger partial charge in [-0.25, -0.2) is 9.18 Å². The number of hydrogen-bond donors (Lipinski definition) is 4. The number of rotatable bonds is 6. The summed E-state index contributed by atoms with van der Waals surface area (Å²) in [5, 5.41) is 35.2. The Balaban J connectivity index is 1.26. The predicted octanol–water partition coefficient (Wildman–Crippen LogP) is 3.52. The Morgan fingerprint density at radius 2 is 1.80 bits per heavy atom. The molecule has 0 radical (unpaired) electrons. The molecule has 226 valence electrons. The van der Waals surface area contributed by atoms with Gasteiger partial charge >= 0.3 is 12.1 Å². The van der Waals surface area contributed by atoms with Crippen LogP contribution in [-0.4, -0.2) is 69.5 Å². The number of nitrogens with one attached hydrogen (secondary N) is 1. The van der Waals surface area contributed by atoms with Crippen molar-refractivity contribution in [3.63, 3.8) is 0 Å². The number of carbonyl (C=O) groups is 4. The summed E-state index contributed by atoms with van der Waals surface area (Å²) in [6.07, 6.45) is 5.70. The molecule has 0 bridgehead atoms. The smallest absolute Gasteiger partial charge is 0.407 e. The first-order chi connectivity index (χ1) is 19.2. The standard InChI is InChI=1S/C31H42FNO8/c1-17-12-23-22-9-8-20-13-21(34)10-11-28(20,2)30(22,32)24(35)14-29(23,3)31(17,40)25(36)16-41-27(39)33-15-18-4-6-19(7-5-18)26(37)38/h10-11,13,17-19,22-24,35,40H,4-9,12,14-16H2,1-3H3,(H,33,39)(H,37,38)/t17-,18?,19?,22+,23+,24+,28+,29+,30+,31+/m1/s1. The van der Waals surface area contributed by atoms with Crippen LogP contribution in [0.1, 0.15) is 72.1 Å². The highest BCUT2D eigenvalue weighted by molar-refractivity contribution is 6.01. The SMILES string of the molecule is C[C@@H]1C[C@H]2[C@@H]3CCC4=CC(=O)C=C[C@]4(C)[C@@]3(F)[C@@H](O)C[C@]2(C)[C@@]1(O)C(=O)COC(=O)NCC1CCC(C(=O)O)CC1. The molecule has 4 saturated carbocycles. The summed E-state index contributed by atoms with van der Waals surface area (Å²) in [7, 11) is 0. The van der Waals surface area contributed by atoms with Gasteiger partial charge in [0.15, 0.2) is 18.1 Å². The first-order valence-electron chi connectivity index (χ1n) is 14.9. The van der Waals surface area contributed by atoms with Crippen molar-refractivity contribution in [2.24, 2.45) is 40.4 Å². The van der Waals surface area contributed by atoms with Crippen LogP contribution in [-0.2, 0) is 19.1 Å². The number of carbonyl (C=O) groups excluding carboxylic acids is 3. The predicted molar refractivity (Wildman–Crippen MR) is 145 cm³/mol. The molecule has 4 N–H and O–H groups in total. The summed E-state index contributed by atoms with van der Waals surface area (Å²) in [6.45, 7) is 4.86. The zero-order chi connectivity index (χ0) is 30.0. The molecular formula is C31H42FNO8. The second-order valence-corrected chi connectivity index (χ2v) is 13.6. The summed E-state index contributed by atoms with van der Waals surface area (Å²) < 4.78 is 22.5. The zero-order valence-electron chi connectivity index (χ0n) is 24.0. The number of aliphatic hydroxyl groups excluding tert-OH is 1. The van der Waals surface area contributed by atoms with Crippen molar-refractivity contribution in [3.05, 3.63) is 23.8 Å². The highest BCUT2D eigenvalue weighted by Crippen LogP contribution is 2.70. The van der Waals surface area contributed by atoms with E-state index in [1.807, 2.05) is 0 Å². The molecule has 1 amide bonds. The van der Waals surface area contributed by atoms with E-state index in [9.17, 15) is 29.4 Å². The van der Waals surface area contributed by atoms with Crippen LogP contribution in [0.4, 0.5) is 9.18 Å². The summed E-state index contributed by atoms with van der Waals surface area (Å²) in [5.41, 5.74) is -5.63. The fourth-order valence-corrected chi connectivity index (χ4v) is 9.27. The third kappa shape index (κ3) is 4.39. The van der Waals surface area contributed by atoms with Crippen LogP contribution in [0.25, 0.3) is 0 Å². The number of alkyl halides is 1. The highest BCUT2D eigenvalue weighted by Gasteiger charge is 2.75. The quantitative estimate of drug-likeness (QED) is 0.376. The molecule has 0 heterocycles. The summed E-state index contributed by atoms with van der Waals surface area (Å²) in [5.74, 6) is -3.48. The fourth-order valence-electron chi connectivity index (χ4n) is 9.27. The van der Waals surface area contributed by atoms with Crippen LogP contribution in [0.5, 0.6) is 0 Å². The van der Waals surface area contributed by atoms with Gasteiger partial charge in [0.05, 0.1) is 12.0 Å². The molecule has 0 aromatic carbocycles. The van der Waals surface area contributed by atoms with Gasteiger partial charge in [-0.15, -0.1) is 0 Å². The molecule has 0 aromatic heterocycles. The average molecular weight is 576 g/mol. The van der Waals surface area contributed by atoms with Crippen LogP contribution in [0.15, 0.2) is 23.8 Å². The lowest BCUT2D eigenvalue weighted by Gasteiger charge is -2.62. The van der Waals surface area contributed by atoms with Gasteiger partial charge in [0, 0.05) is 23.3 Å². The van der Waals surface area contributed by atoms with E-state index in [1.165, 1.54) is 12.2 Å². The molecule has 10 heteroatoms. The Hall–Kier alpha value is -2.59. The van der Waals surface area contributed by atoms with E-state index >= 15 is 4.39 Å². The number of hydrogen-bond acceptors (Lipinski definition) is 7. The molecule has 5 rings (SSSR count). The van der Waals surface area contributed by atoms with Gasteiger partial charge in [-0.1, -0.05) is 25.5 Å². The Morgan fingerprint density at radius 3 is 2.46 bits per heavy atom. The van der Waals surface area contributed by atoms with Gasteiger partial charge in [0.2, 0.25) is 5.78 Å². The van der Waals surface area contributed by atoms with E-state index < -0.39 is 70.4 Å². The number of aliphatic hydroxyl groups is 2. The summed E-state index contributed by atoms with van der Waals surface area (Å²) in [4.78, 5) is 49.2. The van der Waals surface area contributed by atoms with Gasteiger partial charge in [0.1, 0.15) is 5.60 Å². The lowest BCUT2D eigenvalue weighted by molar-refractivity contribution is -0.219. The van der Waals surface area contributed by atoms with Gasteiger partial charge < -0.3 is 25.4 Å². The number of carboxylic acids is 1. The molecule has 0 aromatic rings. The number of allylic oxidation sites excluding steroid dienone is 4. The summed E-state index contributed by atoms with van der Waals surface area (Å²) in [6, 6.07) is 0. The number of ether oxygens (including phenoxy) is 1. The third-order valence-electron chi connectivity index (χ3n) is 11.7. The van der Waals surface area contributed by atoms with Crippen LogP contribution in [0.2, 0.25) is 0 Å². The molecule has 0 aliphatic heterocycles. The van der Waals surface area contributed by atoms with Crippen molar-refractivity contribution in [2.45, 2.75) is 89.5 Å². The van der Waals surface area contributed by atoms with Crippen molar-refractivity contribution >= 4 is 23.6 Å². The lowest BCUT2D eigenvalue weighted by atomic mass is 9.44. The number of aliphatic carboxylic acids is 1. The van der Waals surface area contributed by atoms with E-state index in [-0.39, 0.29) is 24.0 Å². The fraction of sp³-hybridized carbons (Fsp3) is 0.742. The number of carboxylic acid groups (broad SMARTS) is 1. The van der Waals surface area contributed by atoms with Crippen LogP contribution < -0.4 is 5.32 Å². The monoisotopic (exact) mass is 575 g/mol. The Bertz CT molecular complexity index is 1190. The Kier molecular flexibility index (Phi) is 7.50. The third-order valence-corrected chi connectivity index (χ3v) is 11.7. The van der Waals surface area contributed by atoms with E-state index in [1.54, 1.807) is 26.8 Å². The molecule has 41 heavy (non-hydrogen) atoms. The number of halogens is 1. The van der Waals surface area contributed by atoms with Crippen molar-refractivity contribution in [2.75, 3.05) is 13.2 Å². The van der Waals surface area contributed by atoms with Gasteiger partial charge in [0.25, 0.3) is 0 Å². The van der Waals surface area contributed by atoms with Crippen LogP contribution in [0, 0.1) is 40.4 Å². The van der Waals surface area contributed by atoms with Gasteiger partial charge in [-0.2, -0.15) is 0 Å². The molecule has 5 aliphatic carbocycles. The minimum Gasteiger partial charge on any atom is -0.481 e. The highest BCUT2D eigenvalue weighted by atomic mass is 19.1. The second-order valence-electron chi connectivity index (χ2n) is 13.6. The van der Waals surface area contributed by atoms with E-state index in [0.717, 1.165) is 0 Å². The zero-order valence-corrected chi connectivity index (χ0v) is 24.0. The van der Waals surface area contributed by atoms with Crippen molar-refractivity contribution in [3.8, 4) is 0 Å². The number of amides is 1. The summed E-state index contributed by atoms with van der Waals surface area (Å²) >= 11 is 0. The maximum atomic E-state index is 17.3. The minimum absolute atomic E-state index is 0.127. The lowest BCUT2D eigenvalue weighted by Crippen LogP contribution is -2.69. The van der Waals surface area contributed by atoms with Crippen molar-refractivity contribution in [1.29, 1.82) is 0 Å². The first-order valence-corrected chi connectivity index (χ1v) is 14.9. The molecule has 0 unspecified atom stereocenters. The molecule has 0 saturated heterocycles. The average Bonchev–Trinajstić information content (AvgIpc) is 3.13. The number of ketones is 2. The van der Waals surface area contributed by atoms with E-state index in [0.29, 0.717) is 57.1 Å². The van der Waals surface area contributed by atoms with Crippen molar-refractivity contribution < 1.29 is 43.6 Å². The number of Topliss-reactive ketones (excluding diaryl/α,β-unsaturated/α-hetero) is 1. The number of fused-ring (bicyclic) bond motifs is 5. The maximum Gasteiger partial charge on any atom is 0.407 e. The normalized spacial score (nSPS) is 45.1. The molecule has 8 atom stereocenters. The van der Waals surface area contributed by atoms with Gasteiger partial charge in [-0.05, 0) is 88.2 Å². The molecule has 0 spiro atoms. The number of alkyl carbamates (subject to hydrolysis) is 1. The maximum absolute atomic E-state index is 17.3. The first kappa shape index (κ1) is 29.9. The largest absolute Gasteiger partial charge is 0.481 e. The second kappa shape index (κ2) is 10.3. The van der Waals surface area contributed by atoms with Crippen LogP contribution in [0.3, 0.4) is 0 Å². The Morgan fingerprint density at radius 1 is 1.12 bits per heavy atom. The minimum atomic E-state index is -2.06. The molecule has 5 aliphatic rings. The molecular weight excluding hydrogens is 533 g/mol. The van der Waals surface area contributed by atoms with Crippen LogP contribution >= 0.6 is 0 Å². The molecule has 4 fully saturated rings. The molecule has 9 nitrogen and oxygen atoms in total. The van der Waals surface area contributed by atoms with E-state index in [2.05, 4.69) is 5.32 Å². The van der Waals surface area contributed by atoms with E-state index in [4.69, 9.17) is 9.84 Å². The van der Waals surface area contributed by atoms with Crippen molar-refractivity contribution in [1.82, 2.24) is 5.32 Å². The Labute approximate surface area is 239 Å². The topological polar surface area (TPSA) is 150 Å². The van der Waals surface area contributed by atoms with Gasteiger partial charge in [-0.3, -0.25) is 14.4 Å².